The maximum atomic E-state index is 9.63. The van der Waals surface area contributed by atoms with Crippen molar-refractivity contribution in [3.05, 3.63) is 64.2 Å². The molecule has 0 saturated heterocycles. The Morgan fingerprint density at radius 3 is 2.29 bits per heavy atom. The van der Waals surface area contributed by atoms with Crippen molar-refractivity contribution < 1.29 is 4.74 Å². The van der Waals surface area contributed by atoms with Crippen molar-refractivity contribution in [2.24, 2.45) is 0 Å². The van der Waals surface area contributed by atoms with Gasteiger partial charge >= 0.3 is 0 Å². The maximum Gasteiger partial charge on any atom is 0.122 e. The zero-order valence-corrected chi connectivity index (χ0v) is 13.1. The van der Waals surface area contributed by atoms with Gasteiger partial charge in [-0.3, -0.25) is 0 Å². The van der Waals surface area contributed by atoms with Crippen molar-refractivity contribution in [1.82, 2.24) is 0 Å². The van der Waals surface area contributed by atoms with Crippen LogP contribution in [0, 0.1) is 32.1 Å². The Morgan fingerprint density at radius 2 is 1.71 bits per heavy atom. The summed E-state index contributed by atoms with van der Waals surface area (Å²) in [6.07, 6.45) is 0.672. The van der Waals surface area contributed by atoms with E-state index in [2.05, 4.69) is 39.0 Å². The van der Waals surface area contributed by atoms with Crippen LogP contribution in [0.1, 0.15) is 33.7 Å². The minimum absolute atomic E-state index is 0.151. The number of hydrogen-bond acceptors (Lipinski definition) is 2. The third kappa shape index (κ3) is 3.25. The lowest BCUT2D eigenvalue weighted by Crippen LogP contribution is -2.06. The molecule has 0 bridgehead atoms. The van der Waals surface area contributed by atoms with Gasteiger partial charge in [0, 0.05) is 0 Å². The largest absolute Gasteiger partial charge is 0.496 e. The second kappa shape index (κ2) is 6.45. The zero-order valence-electron chi connectivity index (χ0n) is 13.1. The van der Waals surface area contributed by atoms with E-state index in [0.29, 0.717) is 6.42 Å². The molecule has 1 unspecified atom stereocenters. The molecular weight excluding hydrogens is 258 g/mol. The lowest BCUT2D eigenvalue weighted by Gasteiger charge is -2.18. The molecule has 2 nitrogen and oxygen atoms in total. The van der Waals surface area contributed by atoms with Crippen LogP contribution in [-0.4, -0.2) is 7.11 Å². The summed E-state index contributed by atoms with van der Waals surface area (Å²) < 4.78 is 5.40. The highest BCUT2D eigenvalue weighted by molar-refractivity contribution is 5.44. The number of aryl methyl sites for hydroxylation is 3. The second-order valence-corrected chi connectivity index (χ2v) is 5.51. The number of nitrogens with zero attached hydrogens (tertiary/aromatic N) is 1. The molecule has 2 aromatic rings. The normalized spacial score (nSPS) is 11.8. The van der Waals surface area contributed by atoms with Crippen molar-refractivity contribution in [2.45, 2.75) is 33.1 Å². The van der Waals surface area contributed by atoms with Gasteiger partial charge in [0.25, 0.3) is 0 Å². The fraction of sp³-hybridized carbons (Fsp3) is 0.316. The molecule has 0 N–H and O–H groups in total. The van der Waals surface area contributed by atoms with Crippen LogP contribution in [0.25, 0.3) is 0 Å². The van der Waals surface area contributed by atoms with Crippen LogP contribution in [0.2, 0.25) is 0 Å². The van der Waals surface area contributed by atoms with Gasteiger partial charge < -0.3 is 4.74 Å². The predicted octanol–water partition coefficient (Wildman–Crippen LogP) is 4.47. The molecule has 0 aliphatic heterocycles. The Bertz CT molecular complexity index is 659. The van der Waals surface area contributed by atoms with E-state index in [1.807, 2.05) is 24.3 Å². The average molecular weight is 279 g/mol. The molecule has 0 aliphatic rings. The van der Waals surface area contributed by atoms with Gasteiger partial charge in [-0.25, -0.2) is 0 Å². The van der Waals surface area contributed by atoms with Crippen molar-refractivity contribution in [3.63, 3.8) is 0 Å². The van der Waals surface area contributed by atoms with Crippen molar-refractivity contribution >= 4 is 0 Å². The van der Waals surface area contributed by atoms with Crippen LogP contribution in [-0.2, 0) is 6.42 Å². The second-order valence-electron chi connectivity index (χ2n) is 5.51. The molecule has 21 heavy (non-hydrogen) atoms. The highest BCUT2D eigenvalue weighted by atomic mass is 16.5. The molecule has 0 saturated carbocycles. The van der Waals surface area contributed by atoms with E-state index in [0.717, 1.165) is 16.9 Å². The van der Waals surface area contributed by atoms with E-state index >= 15 is 0 Å². The van der Waals surface area contributed by atoms with Crippen LogP contribution in [0.15, 0.2) is 36.4 Å². The van der Waals surface area contributed by atoms with E-state index in [-0.39, 0.29) is 5.92 Å². The lowest BCUT2D eigenvalue weighted by atomic mass is 9.86. The monoisotopic (exact) mass is 279 g/mol. The number of ether oxygens (including phenoxy) is 1. The summed E-state index contributed by atoms with van der Waals surface area (Å²) in [5, 5.41) is 9.63. The van der Waals surface area contributed by atoms with Crippen LogP contribution < -0.4 is 4.74 Å². The first-order valence-electron chi connectivity index (χ1n) is 7.16. The molecule has 0 spiro atoms. The minimum atomic E-state index is -0.151. The van der Waals surface area contributed by atoms with Gasteiger partial charge in [0.1, 0.15) is 5.75 Å². The molecule has 1 atom stereocenters. The predicted molar refractivity (Wildman–Crippen MR) is 85.7 cm³/mol. The quantitative estimate of drug-likeness (QED) is 0.827. The van der Waals surface area contributed by atoms with Gasteiger partial charge in [-0.15, -0.1) is 0 Å². The van der Waals surface area contributed by atoms with Gasteiger partial charge in [0.2, 0.25) is 0 Å². The van der Waals surface area contributed by atoms with Gasteiger partial charge in [0.05, 0.1) is 19.1 Å². The summed E-state index contributed by atoms with van der Waals surface area (Å²) >= 11 is 0. The van der Waals surface area contributed by atoms with Crippen molar-refractivity contribution in [3.8, 4) is 11.8 Å². The minimum Gasteiger partial charge on any atom is -0.496 e. The Balaban J connectivity index is 2.40. The Hall–Kier alpha value is -2.27. The molecular formula is C19H21NO. The highest BCUT2D eigenvalue weighted by Crippen LogP contribution is 2.30. The Kier molecular flexibility index (Phi) is 4.65. The molecule has 0 amide bonds. The molecule has 0 radical (unpaired) electrons. The van der Waals surface area contributed by atoms with E-state index in [9.17, 15) is 5.26 Å². The van der Waals surface area contributed by atoms with E-state index in [1.54, 1.807) is 7.11 Å². The maximum absolute atomic E-state index is 9.63. The Morgan fingerprint density at radius 1 is 1.10 bits per heavy atom. The summed E-state index contributed by atoms with van der Waals surface area (Å²) in [4.78, 5) is 0. The summed E-state index contributed by atoms with van der Waals surface area (Å²) in [5.74, 6) is 0.696. The summed E-state index contributed by atoms with van der Waals surface area (Å²) in [6, 6.07) is 14.7. The first-order valence-corrected chi connectivity index (χ1v) is 7.16. The van der Waals surface area contributed by atoms with Gasteiger partial charge in [-0.05, 0) is 55.5 Å². The number of hydrogen-bond donors (Lipinski definition) is 0. The van der Waals surface area contributed by atoms with Gasteiger partial charge in [0.15, 0.2) is 0 Å². The van der Waals surface area contributed by atoms with Crippen LogP contribution in [0.4, 0.5) is 0 Å². The van der Waals surface area contributed by atoms with Crippen LogP contribution in [0.3, 0.4) is 0 Å². The molecule has 2 aromatic carbocycles. The standard InChI is InChI=1S/C19H21NO/c1-13-9-14(2)19(15(3)10-13)17(12-20)11-16-7-5-6-8-18(16)21-4/h5-10,17H,11H2,1-4H3. The highest BCUT2D eigenvalue weighted by Gasteiger charge is 2.18. The topological polar surface area (TPSA) is 33.0 Å². The van der Waals surface area contributed by atoms with Gasteiger partial charge in [-0.1, -0.05) is 35.9 Å². The summed E-state index contributed by atoms with van der Waals surface area (Å²) in [7, 11) is 1.67. The first-order chi connectivity index (χ1) is 10.1. The molecule has 2 heteroatoms. The Labute approximate surface area is 127 Å². The zero-order chi connectivity index (χ0) is 15.4. The molecule has 0 aliphatic carbocycles. The third-order valence-electron chi connectivity index (χ3n) is 3.86. The third-order valence-corrected chi connectivity index (χ3v) is 3.86. The first kappa shape index (κ1) is 15.1. The van der Waals surface area contributed by atoms with Crippen molar-refractivity contribution in [2.75, 3.05) is 7.11 Å². The summed E-state index contributed by atoms with van der Waals surface area (Å²) in [6.45, 7) is 6.26. The van der Waals surface area contributed by atoms with E-state index in [1.165, 1.54) is 16.7 Å². The fourth-order valence-corrected chi connectivity index (χ4v) is 3.04. The van der Waals surface area contributed by atoms with Crippen molar-refractivity contribution in [1.29, 1.82) is 5.26 Å². The SMILES string of the molecule is COc1ccccc1CC(C#N)c1c(C)cc(C)cc1C. The molecule has 0 fully saturated rings. The van der Waals surface area contributed by atoms with Gasteiger partial charge in [-0.2, -0.15) is 5.26 Å². The molecule has 0 aromatic heterocycles. The number of rotatable bonds is 4. The number of benzene rings is 2. The van der Waals surface area contributed by atoms with E-state index < -0.39 is 0 Å². The van der Waals surface area contributed by atoms with Crippen LogP contribution in [0.5, 0.6) is 5.75 Å². The number of nitriles is 1. The lowest BCUT2D eigenvalue weighted by molar-refractivity contribution is 0.409. The molecule has 0 heterocycles. The smallest absolute Gasteiger partial charge is 0.122 e. The van der Waals surface area contributed by atoms with E-state index in [4.69, 9.17) is 4.74 Å². The average Bonchev–Trinajstić information content (AvgIpc) is 2.45. The van der Waals surface area contributed by atoms with Crippen LogP contribution >= 0.6 is 0 Å². The molecule has 108 valence electrons. The number of para-hydroxylation sites is 1. The number of methoxy groups -OCH3 is 1. The fourth-order valence-electron chi connectivity index (χ4n) is 3.04. The summed E-state index contributed by atoms with van der Waals surface area (Å²) in [5.41, 5.74) is 5.84. The molecule has 2 rings (SSSR count).